The average molecular weight is 455 g/mol. The van der Waals surface area contributed by atoms with Gasteiger partial charge >= 0.3 is 0 Å². The van der Waals surface area contributed by atoms with Crippen molar-refractivity contribution in [3.63, 3.8) is 0 Å². The summed E-state index contributed by atoms with van der Waals surface area (Å²) in [6.07, 6.45) is 3.40. The van der Waals surface area contributed by atoms with Crippen molar-refractivity contribution < 1.29 is 4.79 Å². The van der Waals surface area contributed by atoms with E-state index < -0.39 is 0 Å². The van der Waals surface area contributed by atoms with Gasteiger partial charge in [-0.05, 0) is 44.5 Å². The van der Waals surface area contributed by atoms with E-state index in [4.69, 9.17) is 0 Å². The number of rotatable bonds is 4. The molecule has 2 heterocycles. The number of nitrogens with one attached hydrogen (secondary N) is 2. The number of fused-ring (bicyclic) bond motifs is 1. The summed E-state index contributed by atoms with van der Waals surface area (Å²) in [5.41, 5.74) is 1.000. The van der Waals surface area contributed by atoms with Gasteiger partial charge in [-0.15, -0.1) is 36.2 Å². The maximum atomic E-state index is 12.1. The molecule has 8 heteroatoms. The molecule has 1 aliphatic rings. The van der Waals surface area contributed by atoms with Crippen molar-refractivity contribution in [2.75, 3.05) is 6.54 Å². The molecule has 2 N–H and O–H groups in total. The van der Waals surface area contributed by atoms with Gasteiger partial charge in [-0.1, -0.05) is 15.9 Å². The zero-order chi connectivity index (χ0) is 15.5. The van der Waals surface area contributed by atoms with Crippen LogP contribution in [0.2, 0.25) is 0 Å². The third kappa shape index (κ3) is 5.56. The van der Waals surface area contributed by atoms with Crippen molar-refractivity contribution in [3.05, 3.63) is 27.7 Å². The summed E-state index contributed by atoms with van der Waals surface area (Å²) in [7, 11) is 0. The van der Waals surface area contributed by atoms with Crippen LogP contribution in [-0.4, -0.2) is 29.5 Å². The highest BCUT2D eigenvalue weighted by molar-refractivity contribution is 9.10. The second-order valence-corrected chi connectivity index (χ2v) is 7.81. The van der Waals surface area contributed by atoms with E-state index in [1.165, 1.54) is 4.70 Å². The number of thiazole rings is 1. The van der Waals surface area contributed by atoms with Crippen LogP contribution in [0.4, 0.5) is 0 Å². The summed E-state index contributed by atoms with van der Waals surface area (Å²) in [5.74, 6) is 0.126. The van der Waals surface area contributed by atoms with Crippen molar-refractivity contribution in [1.82, 2.24) is 15.6 Å². The van der Waals surface area contributed by atoms with Crippen LogP contribution in [0, 0.1) is 0 Å². The number of nitrogens with zero attached hydrogens (tertiary/aromatic N) is 1. The lowest BCUT2D eigenvalue weighted by molar-refractivity contribution is -0.122. The predicted molar refractivity (Wildman–Crippen MR) is 109 cm³/mol. The maximum Gasteiger partial charge on any atom is 0.220 e. The summed E-state index contributed by atoms with van der Waals surface area (Å²) in [6.45, 7) is 3.18. The number of piperidine rings is 1. The molecule has 1 amide bonds. The second kappa shape index (κ2) is 9.92. The van der Waals surface area contributed by atoms with E-state index in [0.717, 1.165) is 34.4 Å². The summed E-state index contributed by atoms with van der Waals surface area (Å²) in [4.78, 5) is 16.7. The first-order chi connectivity index (χ1) is 10.6. The smallest absolute Gasteiger partial charge is 0.220 e. The molecule has 0 radical (unpaired) electrons. The minimum Gasteiger partial charge on any atom is -0.352 e. The van der Waals surface area contributed by atoms with Crippen LogP contribution in [0.5, 0.6) is 0 Å². The molecule has 1 aromatic heterocycles. The number of hydrogen-bond donors (Lipinski definition) is 2. The molecule has 0 bridgehead atoms. The van der Waals surface area contributed by atoms with E-state index in [2.05, 4.69) is 44.5 Å². The number of hydrogen-bond acceptors (Lipinski definition) is 4. The Morgan fingerprint density at radius 3 is 3.00 bits per heavy atom. The Hall–Kier alpha value is -0.400. The highest BCUT2D eigenvalue weighted by atomic mass is 79.9. The van der Waals surface area contributed by atoms with E-state index >= 15 is 0 Å². The summed E-state index contributed by atoms with van der Waals surface area (Å²) >= 11 is 5.13. The lowest BCUT2D eigenvalue weighted by Gasteiger charge is -2.30. The Balaban J connectivity index is 0.00000144. The Labute approximate surface area is 167 Å². The molecule has 2 aromatic rings. The quantitative estimate of drug-likeness (QED) is 0.731. The van der Waals surface area contributed by atoms with Crippen molar-refractivity contribution >= 4 is 68.2 Å². The third-order valence-corrected chi connectivity index (χ3v) is 5.66. The molecular weight excluding hydrogens is 433 g/mol. The van der Waals surface area contributed by atoms with Crippen molar-refractivity contribution in [3.8, 4) is 0 Å². The van der Waals surface area contributed by atoms with E-state index in [-0.39, 0.29) is 36.8 Å². The fraction of sp³-hybridized carbons (Fsp3) is 0.500. The SMILES string of the molecule is CC1NCCCC1NC(=O)CCc1nc2cc(Br)ccc2s1.Cl.Cl. The van der Waals surface area contributed by atoms with E-state index in [1.807, 2.05) is 12.1 Å². The molecule has 1 fully saturated rings. The van der Waals surface area contributed by atoms with Crippen LogP contribution in [0.15, 0.2) is 22.7 Å². The summed E-state index contributed by atoms with van der Waals surface area (Å²) < 4.78 is 2.21. The molecule has 1 aromatic carbocycles. The van der Waals surface area contributed by atoms with Gasteiger partial charge in [0.2, 0.25) is 5.91 Å². The number of aromatic nitrogens is 1. The second-order valence-electron chi connectivity index (χ2n) is 5.78. The van der Waals surface area contributed by atoms with Gasteiger partial charge in [0.25, 0.3) is 0 Å². The van der Waals surface area contributed by atoms with Gasteiger partial charge in [0, 0.05) is 29.4 Å². The molecule has 0 saturated carbocycles. The zero-order valence-electron chi connectivity index (χ0n) is 13.4. The van der Waals surface area contributed by atoms with E-state index in [1.54, 1.807) is 11.3 Å². The number of aryl methyl sites for hydroxylation is 1. The maximum absolute atomic E-state index is 12.1. The van der Waals surface area contributed by atoms with Gasteiger partial charge in [-0.3, -0.25) is 4.79 Å². The average Bonchev–Trinajstić information content (AvgIpc) is 2.89. The normalized spacial score (nSPS) is 20.1. The number of halogens is 3. The molecule has 0 spiro atoms. The molecular formula is C16H22BrCl2N3OS. The molecule has 24 heavy (non-hydrogen) atoms. The van der Waals surface area contributed by atoms with Gasteiger partial charge in [0.05, 0.1) is 15.2 Å². The van der Waals surface area contributed by atoms with Crippen LogP contribution in [0.1, 0.15) is 31.2 Å². The molecule has 2 atom stereocenters. The standard InChI is InChI=1S/C16H20BrN3OS.2ClH/c1-10-12(3-2-8-18-10)19-15(21)6-7-16-20-13-9-11(17)4-5-14(13)22-16;;/h4-5,9-10,12,18H,2-3,6-8H2,1H3,(H,19,21);2*1H. The Morgan fingerprint density at radius 2 is 2.25 bits per heavy atom. The predicted octanol–water partition coefficient (Wildman–Crippen LogP) is 4.09. The highest BCUT2D eigenvalue weighted by Gasteiger charge is 2.22. The van der Waals surface area contributed by atoms with Gasteiger partial charge in [-0.2, -0.15) is 0 Å². The highest BCUT2D eigenvalue weighted by Crippen LogP contribution is 2.25. The Morgan fingerprint density at radius 1 is 1.46 bits per heavy atom. The number of carbonyl (C=O) groups excluding carboxylic acids is 1. The molecule has 3 rings (SSSR count). The minimum absolute atomic E-state index is 0. The molecule has 1 aliphatic heterocycles. The first kappa shape index (κ1) is 21.6. The Bertz CT molecular complexity index is 682. The van der Waals surface area contributed by atoms with Crippen LogP contribution in [0.3, 0.4) is 0 Å². The molecule has 4 nitrogen and oxygen atoms in total. The summed E-state index contributed by atoms with van der Waals surface area (Å²) in [5, 5.41) is 7.58. The zero-order valence-corrected chi connectivity index (χ0v) is 17.4. The minimum atomic E-state index is 0. The lowest BCUT2D eigenvalue weighted by atomic mass is 10.00. The van der Waals surface area contributed by atoms with E-state index in [9.17, 15) is 4.79 Å². The van der Waals surface area contributed by atoms with E-state index in [0.29, 0.717) is 18.9 Å². The van der Waals surface area contributed by atoms with Gasteiger partial charge in [0.1, 0.15) is 0 Å². The van der Waals surface area contributed by atoms with Crippen molar-refractivity contribution in [2.45, 2.75) is 44.7 Å². The Kier molecular flexibility index (Phi) is 8.95. The monoisotopic (exact) mass is 453 g/mol. The van der Waals surface area contributed by atoms with Crippen LogP contribution >= 0.6 is 52.1 Å². The molecule has 2 unspecified atom stereocenters. The topological polar surface area (TPSA) is 54.0 Å². The fourth-order valence-corrected chi connectivity index (χ4v) is 4.09. The van der Waals surface area contributed by atoms with Crippen molar-refractivity contribution in [1.29, 1.82) is 0 Å². The first-order valence-electron chi connectivity index (χ1n) is 7.69. The van der Waals surface area contributed by atoms with Crippen molar-refractivity contribution in [2.24, 2.45) is 0 Å². The van der Waals surface area contributed by atoms with Crippen LogP contribution in [0.25, 0.3) is 10.2 Å². The molecule has 0 aliphatic carbocycles. The number of benzene rings is 1. The summed E-state index contributed by atoms with van der Waals surface area (Å²) in [6, 6.07) is 6.72. The third-order valence-electron chi connectivity index (χ3n) is 4.07. The van der Waals surface area contributed by atoms with Gasteiger partial charge < -0.3 is 10.6 Å². The number of amides is 1. The van der Waals surface area contributed by atoms with Crippen LogP contribution in [-0.2, 0) is 11.2 Å². The van der Waals surface area contributed by atoms with Crippen LogP contribution < -0.4 is 10.6 Å². The first-order valence-corrected chi connectivity index (χ1v) is 9.30. The number of carbonyl (C=O) groups is 1. The fourth-order valence-electron chi connectivity index (χ4n) is 2.80. The van der Waals surface area contributed by atoms with Gasteiger partial charge in [0.15, 0.2) is 0 Å². The largest absolute Gasteiger partial charge is 0.352 e. The molecule has 1 saturated heterocycles. The van der Waals surface area contributed by atoms with Gasteiger partial charge in [-0.25, -0.2) is 4.98 Å². The lowest BCUT2D eigenvalue weighted by Crippen LogP contribution is -2.51. The molecule has 134 valence electrons.